The highest BCUT2D eigenvalue weighted by atomic mass is 127. The van der Waals surface area contributed by atoms with Crippen molar-refractivity contribution in [2.45, 2.75) is 32.7 Å². The fourth-order valence-electron chi connectivity index (χ4n) is 1.51. The maximum atomic E-state index is 5.77. The molecule has 5 nitrogen and oxygen atoms in total. The van der Waals surface area contributed by atoms with Crippen LogP contribution in [0.4, 0.5) is 0 Å². The van der Waals surface area contributed by atoms with Gasteiger partial charge in [0.2, 0.25) is 0 Å². The van der Waals surface area contributed by atoms with E-state index in [0.29, 0.717) is 19.1 Å². The molecule has 0 spiro atoms. The number of nitrogens with two attached hydrogens (primary N) is 1. The Morgan fingerprint density at radius 3 is 2.95 bits per heavy atom. The van der Waals surface area contributed by atoms with Crippen molar-refractivity contribution in [2.24, 2.45) is 10.7 Å². The third-order valence-corrected chi connectivity index (χ3v) is 3.40. The summed E-state index contributed by atoms with van der Waals surface area (Å²) in [6, 6.07) is 0.171. The van der Waals surface area contributed by atoms with Crippen LogP contribution in [-0.2, 0) is 17.6 Å². The molecule has 0 aromatic carbocycles. The van der Waals surface area contributed by atoms with E-state index in [-0.39, 0.29) is 30.0 Å². The number of aliphatic imine (C=N–C) groups is 1. The van der Waals surface area contributed by atoms with Crippen LogP contribution in [0.1, 0.15) is 24.5 Å². The van der Waals surface area contributed by atoms with Crippen LogP contribution >= 0.6 is 35.3 Å². The summed E-state index contributed by atoms with van der Waals surface area (Å²) in [4.78, 5) is 8.75. The first-order valence-electron chi connectivity index (χ1n) is 6.14. The zero-order valence-corrected chi connectivity index (χ0v) is 14.8. The van der Waals surface area contributed by atoms with Crippen LogP contribution in [-0.4, -0.2) is 37.2 Å². The summed E-state index contributed by atoms with van der Waals surface area (Å²) in [7, 11) is 1.67. The van der Waals surface area contributed by atoms with Gasteiger partial charge in [0.15, 0.2) is 5.96 Å². The number of rotatable bonds is 7. The fourth-order valence-corrected chi connectivity index (χ4v) is 2.29. The highest BCUT2D eigenvalue weighted by Gasteiger charge is 2.02. The maximum absolute atomic E-state index is 5.77. The number of nitrogens with one attached hydrogen (secondary N) is 1. The molecule has 0 aliphatic carbocycles. The van der Waals surface area contributed by atoms with Gasteiger partial charge in [-0.05, 0) is 13.3 Å². The van der Waals surface area contributed by atoms with E-state index in [0.717, 1.165) is 18.5 Å². The van der Waals surface area contributed by atoms with Gasteiger partial charge in [-0.15, -0.1) is 35.3 Å². The Bertz CT molecular complexity index is 384. The van der Waals surface area contributed by atoms with Crippen molar-refractivity contribution in [3.8, 4) is 0 Å². The zero-order valence-electron chi connectivity index (χ0n) is 11.7. The van der Waals surface area contributed by atoms with Crippen molar-refractivity contribution in [2.75, 3.05) is 20.3 Å². The topological polar surface area (TPSA) is 72.5 Å². The second-order valence-corrected chi connectivity index (χ2v) is 5.05. The van der Waals surface area contributed by atoms with Crippen LogP contribution in [0.25, 0.3) is 0 Å². The van der Waals surface area contributed by atoms with Crippen LogP contribution in [0.3, 0.4) is 0 Å². The van der Waals surface area contributed by atoms with Crippen molar-refractivity contribution >= 4 is 41.3 Å². The number of ether oxygens (including phenoxy) is 1. The summed E-state index contributed by atoms with van der Waals surface area (Å²) in [5.41, 5.74) is 6.86. The van der Waals surface area contributed by atoms with E-state index in [2.05, 4.69) is 27.6 Å². The van der Waals surface area contributed by atoms with E-state index < -0.39 is 0 Å². The summed E-state index contributed by atoms with van der Waals surface area (Å²) in [5.74, 6) is 0.463. The smallest absolute Gasteiger partial charge is 0.188 e. The molecular weight excluding hydrogens is 375 g/mol. The summed E-state index contributed by atoms with van der Waals surface area (Å²) >= 11 is 1.70. The highest BCUT2D eigenvalue weighted by molar-refractivity contribution is 14.0. The first-order valence-corrected chi connectivity index (χ1v) is 7.02. The lowest BCUT2D eigenvalue weighted by Crippen LogP contribution is -2.40. The molecule has 7 heteroatoms. The number of halogens is 1. The van der Waals surface area contributed by atoms with Crippen LogP contribution in [0, 0.1) is 0 Å². The summed E-state index contributed by atoms with van der Waals surface area (Å²) in [6.07, 6.45) is 1.82. The summed E-state index contributed by atoms with van der Waals surface area (Å²) in [5, 5.41) is 6.33. The third-order valence-electron chi connectivity index (χ3n) is 2.36. The predicted molar refractivity (Wildman–Crippen MR) is 91.6 cm³/mol. The first-order chi connectivity index (χ1) is 8.65. The molecule has 0 aliphatic rings. The van der Waals surface area contributed by atoms with Gasteiger partial charge < -0.3 is 15.8 Å². The van der Waals surface area contributed by atoms with Gasteiger partial charge in [0, 0.05) is 31.5 Å². The number of methoxy groups -OCH3 is 1. The van der Waals surface area contributed by atoms with Crippen molar-refractivity contribution < 1.29 is 4.74 Å². The lowest BCUT2D eigenvalue weighted by molar-refractivity contribution is 0.179. The van der Waals surface area contributed by atoms with E-state index in [1.165, 1.54) is 5.01 Å². The lowest BCUT2D eigenvalue weighted by Gasteiger charge is -2.12. The minimum absolute atomic E-state index is 0. The van der Waals surface area contributed by atoms with Crippen molar-refractivity contribution in [1.29, 1.82) is 0 Å². The number of aromatic nitrogens is 1. The van der Waals surface area contributed by atoms with E-state index in [1.54, 1.807) is 18.4 Å². The molecule has 0 bridgehead atoms. The van der Waals surface area contributed by atoms with Crippen molar-refractivity contribution in [3.63, 3.8) is 0 Å². The monoisotopic (exact) mass is 398 g/mol. The second-order valence-electron chi connectivity index (χ2n) is 4.10. The molecule has 19 heavy (non-hydrogen) atoms. The molecule has 3 N–H and O–H groups in total. The maximum Gasteiger partial charge on any atom is 0.188 e. The van der Waals surface area contributed by atoms with Gasteiger partial charge in [-0.3, -0.25) is 4.99 Å². The van der Waals surface area contributed by atoms with Crippen molar-refractivity contribution in [3.05, 3.63) is 16.1 Å². The molecular formula is C12H23IN4OS. The molecule has 1 aromatic rings. The van der Waals surface area contributed by atoms with Gasteiger partial charge in [0.25, 0.3) is 0 Å². The lowest BCUT2D eigenvalue weighted by atomic mass is 10.3. The van der Waals surface area contributed by atoms with Crippen LogP contribution < -0.4 is 11.1 Å². The third kappa shape index (κ3) is 7.68. The van der Waals surface area contributed by atoms with E-state index >= 15 is 0 Å². The van der Waals surface area contributed by atoms with Gasteiger partial charge in [-0.25, -0.2) is 4.98 Å². The van der Waals surface area contributed by atoms with Crippen molar-refractivity contribution in [1.82, 2.24) is 10.3 Å². The highest BCUT2D eigenvalue weighted by Crippen LogP contribution is 2.10. The molecule has 1 unspecified atom stereocenters. The first kappa shape index (κ1) is 18.6. The molecule has 0 amide bonds. The van der Waals surface area contributed by atoms with E-state index in [9.17, 15) is 0 Å². The predicted octanol–water partition coefficient (Wildman–Crippen LogP) is 1.81. The zero-order chi connectivity index (χ0) is 13.4. The van der Waals surface area contributed by atoms with Gasteiger partial charge in [0.1, 0.15) is 0 Å². The number of hydrogen-bond acceptors (Lipinski definition) is 4. The SMILES string of the molecule is CCc1nc(CCN=C(N)NC(C)COC)cs1.I. The molecule has 1 heterocycles. The Labute approximate surface area is 136 Å². The molecule has 0 fully saturated rings. The normalized spacial score (nSPS) is 12.9. The van der Waals surface area contributed by atoms with Crippen LogP contribution in [0.5, 0.6) is 0 Å². The Morgan fingerprint density at radius 1 is 1.63 bits per heavy atom. The Balaban J connectivity index is 0.00000324. The number of thiazole rings is 1. The molecule has 0 saturated carbocycles. The minimum atomic E-state index is 0. The number of hydrogen-bond donors (Lipinski definition) is 2. The van der Waals surface area contributed by atoms with E-state index in [4.69, 9.17) is 10.5 Å². The van der Waals surface area contributed by atoms with Gasteiger partial charge in [0.05, 0.1) is 17.3 Å². The number of aryl methyl sites for hydroxylation is 1. The Kier molecular flexibility index (Phi) is 10.2. The largest absolute Gasteiger partial charge is 0.383 e. The molecule has 1 aromatic heterocycles. The molecule has 0 radical (unpaired) electrons. The quantitative estimate of drug-likeness (QED) is 0.418. The van der Waals surface area contributed by atoms with Gasteiger partial charge in [-0.1, -0.05) is 6.92 Å². The Hall–Kier alpha value is -0.410. The summed E-state index contributed by atoms with van der Waals surface area (Å²) < 4.78 is 5.01. The molecule has 0 saturated heterocycles. The standard InChI is InChI=1S/C12H22N4OS.HI/c1-4-11-16-10(8-18-11)5-6-14-12(13)15-9(2)7-17-3;/h8-9H,4-7H2,1-3H3,(H3,13,14,15);1H. The minimum Gasteiger partial charge on any atom is -0.383 e. The summed E-state index contributed by atoms with van der Waals surface area (Å²) in [6.45, 7) is 5.38. The molecule has 1 rings (SSSR count). The van der Waals surface area contributed by atoms with E-state index in [1.807, 2.05) is 6.92 Å². The number of nitrogens with zero attached hydrogens (tertiary/aromatic N) is 2. The average molecular weight is 398 g/mol. The fraction of sp³-hybridized carbons (Fsp3) is 0.667. The average Bonchev–Trinajstić information content (AvgIpc) is 2.77. The Morgan fingerprint density at radius 2 is 2.37 bits per heavy atom. The molecule has 110 valence electrons. The van der Waals surface area contributed by atoms with Gasteiger partial charge >= 0.3 is 0 Å². The van der Waals surface area contributed by atoms with Crippen LogP contribution in [0.2, 0.25) is 0 Å². The van der Waals surface area contributed by atoms with Crippen LogP contribution in [0.15, 0.2) is 10.4 Å². The number of guanidine groups is 1. The second kappa shape index (κ2) is 10.4. The molecule has 1 atom stereocenters. The van der Waals surface area contributed by atoms with Gasteiger partial charge in [-0.2, -0.15) is 0 Å². The molecule has 0 aliphatic heterocycles.